The van der Waals surface area contributed by atoms with Gasteiger partial charge >= 0.3 is 11.7 Å². The van der Waals surface area contributed by atoms with Crippen molar-refractivity contribution < 1.29 is 34.1 Å². The van der Waals surface area contributed by atoms with E-state index < -0.39 is 43.9 Å². The number of benzene rings is 2. The lowest BCUT2D eigenvalue weighted by atomic mass is 9.63. The SMILES string of the molecule is CC1(C)CC(=O)C2=C(C1)N(CC(=O)O)C1=C(C(=O)CC(C)(C)C1)C2c1ccc(Oc2ccc([N+](=O)[O-])cc2[N+](=O)[O-])cc1. The van der Waals surface area contributed by atoms with Crippen LogP contribution in [-0.4, -0.2) is 43.9 Å². The summed E-state index contributed by atoms with van der Waals surface area (Å²) in [6.45, 7) is 7.49. The molecule has 43 heavy (non-hydrogen) atoms. The van der Waals surface area contributed by atoms with Crippen LogP contribution in [0.2, 0.25) is 0 Å². The Morgan fingerprint density at radius 3 is 1.88 bits per heavy atom. The van der Waals surface area contributed by atoms with Crippen molar-refractivity contribution in [3.05, 3.63) is 90.8 Å². The van der Waals surface area contributed by atoms with Crippen LogP contribution in [-0.2, 0) is 14.4 Å². The normalized spacial score (nSPS) is 19.6. The van der Waals surface area contributed by atoms with E-state index in [9.17, 15) is 39.7 Å². The molecular weight excluding hydrogens is 558 g/mol. The molecule has 12 nitrogen and oxygen atoms in total. The van der Waals surface area contributed by atoms with E-state index in [-0.39, 0.29) is 42.5 Å². The number of hydrogen-bond donors (Lipinski definition) is 1. The molecule has 0 aromatic heterocycles. The molecule has 1 aliphatic heterocycles. The van der Waals surface area contributed by atoms with E-state index in [0.717, 1.165) is 18.2 Å². The van der Waals surface area contributed by atoms with Crippen molar-refractivity contribution in [1.82, 2.24) is 4.90 Å². The molecule has 0 radical (unpaired) electrons. The standard InChI is InChI=1S/C31H31N3O9/c1-30(2)12-21-28(23(35)14-30)27(29-22(32(21)16-26(37)38)13-31(3,4)15-24(29)36)17-5-8-19(9-6-17)43-25-10-7-18(33(39)40)11-20(25)34(41)42/h5-11,27H,12-16H2,1-4H3,(H,37,38). The zero-order valence-corrected chi connectivity index (χ0v) is 24.2. The third-order valence-electron chi connectivity index (χ3n) is 8.11. The maximum absolute atomic E-state index is 13.8. The molecule has 0 unspecified atom stereocenters. The van der Waals surface area contributed by atoms with Crippen molar-refractivity contribution in [3.8, 4) is 11.5 Å². The molecule has 1 N–H and O–H groups in total. The minimum atomic E-state index is -1.06. The van der Waals surface area contributed by atoms with Gasteiger partial charge in [-0.2, -0.15) is 0 Å². The smallest absolute Gasteiger partial charge is 0.323 e. The van der Waals surface area contributed by atoms with Crippen LogP contribution < -0.4 is 4.74 Å². The lowest BCUT2D eigenvalue weighted by molar-refractivity contribution is -0.394. The van der Waals surface area contributed by atoms with Gasteiger partial charge in [-0.25, -0.2) is 0 Å². The highest BCUT2D eigenvalue weighted by atomic mass is 16.6. The van der Waals surface area contributed by atoms with Gasteiger partial charge < -0.3 is 14.7 Å². The molecule has 2 aromatic rings. The van der Waals surface area contributed by atoms with Gasteiger partial charge in [0.2, 0.25) is 5.75 Å². The number of rotatable bonds is 7. The Morgan fingerprint density at radius 1 is 0.884 bits per heavy atom. The fourth-order valence-corrected chi connectivity index (χ4v) is 6.41. The average Bonchev–Trinajstić information content (AvgIpc) is 2.88. The maximum Gasteiger partial charge on any atom is 0.323 e. The molecule has 2 aliphatic carbocycles. The van der Waals surface area contributed by atoms with Crippen molar-refractivity contribution >= 4 is 28.9 Å². The van der Waals surface area contributed by atoms with Crippen LogP contribution in [0.25, 0.3) is 0 Å². The Kier molecular flexibility index (Phi) is 7.19. The highest BCUT2D eigenvalue weighted by molar-refractivity contribution is 6.07. The average molecular weight is 590 g/mol. The number of hydrogen-bond acceptors (Lipinski definition) is 9. The van der Waals surface area contributed by atoms with Crippen molar-refractivity contribution in [1.29, 1.82) is 0 Å². The fraction of sp³-hybridized carbons (Fsp3) is 0.387. The van der Waals surface area contributed by atoms with Gasteiger partial charge in [0, 0.05) is 47.4 Å². The number of nitrogens with zero attached hydrogens (tertiary/aromatic N) is 3. The summed E-state index contributed by atoms with van der Waals surface area (Å²) in [7, 11) is 0. The largest absolute Gasteiger partial charge is 0.480 e. The molecule has 0 atom stereocenters. The van der Waals surface area contributed by atoms with Crippen molar-refractivity contribution in [3.63, 3.8) is 0 Å². The summed E-state index contributed by atoms with van der Waals surface area (Å²) in [5.41, 5.74) is 0.901. The number of aliphatic carboxylic acids is 1. The zero-order chi connectivity index (χ0) is 31.4. The first-order valence-electron chi connectivity index (χ1n) is 13.8. The summed E-state index contributed by atoms with van der Waals surface area (Å²) in [6, 6.07) is 9.55. The number of nitro groups is 2. The quantitative estimate of drug-likeness (QED) is 0.295. The molecule has 0 spiro atoms. The summed E-state index contributed by atoms with van der Waals surface area (Å²) >= 11 is 0. The molecule has 5 rings (SSSR count). The number of ketones is 2. The van der Waals surface area contributed by atoms with Crippen LogP contribution in [0.1, 0.15) is 64.9 Å². The second kappa shape index (κ2) is 10.4. The third-order valence-corrected chi connectivity index (χ3v) is 8.11. The first kappa shape index (κ1) is 29.6. The summed E-state index contributed by atoms with van der Waals surface area (Å²) in [5, 5.41) is 32.5. The molecule has 0 bridgehead atoms. The summed E-state index contributed by atoms with van der Waals surface area (Å²) in [4.78, 5) is 62.3. The zero-order valence-electron chi connectivity index (χ0n) is 24.2. The minimum Gasteiger partial charge on any atom is -0.480 e. The molecule has 3 aliphatic rings. The van der Waals surface area contributed by atoms with Crippen LogP contribution in [0.4, 0.5) is 11.4 Å². The number of allylic oxidation sites excluding steroid dienone is 4. The third kappa shape index (κ3) is 5.64. The molecule has 0 saturated carbocycles. The monoisotopic (exact) mass is 589 g/mol. The van der Waals surface area contributed by atoms with Gasteiger partial charge in [0.15, 0.2) is 11.6 Å². The van der Waals surface area contributed by atoms with Gasteiger partial charge in [-0.15, -0.1) is 0 Å². The van der Waals surface area contributed by atoms with Crippen LogP contribution in [0.5, 0.6) is 11.5 Å². The highest BCUT2D eigenvalue weighted by Gasteiger charge is 2.49. The molecular formula is C31H31N3O9. The Labute approximate surface area is 246 Å². The molecule has 1 heterocycles. The van der Waals surface area contributed by atoms with E-state index in [4.69, 9.17) is 4.74 Å². The number of ether oxygens (including phenoxy) is 1. The van der Waals surface area contributed by atoms with Gasteiger partial charge in [-0.1, -0.05) is 39.8 Å². The number of carboxylic acids is 1. The molecule has 12 heteroatoms. The Morgan fingerprint density at radius 2 is 1.42 bits per heavy atom. The van der Waals surface area contributed by atoms with E-state index in [0.29, 0.717) is 40.9 Å². The van der Waals surface area contributed by atoms with Crippen molar-refractivity contribution in [2.45, 2.75) is 59.3 Å². The number of Topliss-reactive ketones (excluding diaryl/α,β-unsaturated/α-hetero) is 2. The van der Waals surface area contributed by atoms with Crippen molar-refractivity contribution in [2.75, 3.05) is 6.54 Å². The Bertz CT molecular complexity index is 1600. The second-order valence-corrected chi connectivity index (χ2v) is 12.9. The van der Waals surface area contributed by atoms with Crippen molar-refractivity contribution in [2.24, 2.45) is 10.8 Å². The lowest BCUT2D eigenvalue weighted by Crippen LogP contribution is -2.45. The summed E-state index contributed by atoms with van der Waals surface area (Å²) in [5.74, 6) is -2.03. The minimum absolute atomic E-state index is 0.141. The number of carbonyl (C=O) groups excluding carboxylic acids is 2. The number of non-ortho nitro benzene ring substituents is 1. The number of carboxylic acid groups (broad SMARTS) is 1. The van der Waals surface area contributed by atoms with Gasteiger partial charge in [0.05, 0.1) is 15.9 Å². The topological polar surface area (TPSA) is 170 Å². The van der Waals surface area contributed by atoms with Crippen LogP contribution in [0.15, 0.2) is 65.0 Å². The van der Waals surface area contributed by atoms with Gasteiger partial charge in [-0.05, 0) is 47.4 Å². The molecule has 0 saturated heterocycles. The van der Waals surface area contributed by atoms with Crippen LogP contribution in [0, 0.1) is 31.1 Å². The van der Waals surface area contributed by atoms with E-state index in [1.54, 1.807) is 29.2 Å². The van der Waals surface area contributed by atoms with E-state index >= 15 is 0 Å². The van der Waals surface area contributed by atoms with E-state index in [1.165, 1.54) is 0 Å². The van der Waals surface area contributed by atoms with Gasteiger partial charge in [0.1, 0.15) is 12.3 Å². The number of carbonyl (C=O) groups is 3. The van der Waals surface area contributed by atoms with Crippen LogP contribution >= 0.6 is 0 Å². The second-order valence-electron chi connectivity index (χ2n) is 12.9. The summed E-state index contributed by atoms with van der Waals surface area (Å²) < 4.78 is 5.72. The van der Waals surface area contributed by atoms with E-state index in [1.807, 2.05) is 27.7 Å². The first-order chi connectivity index (χ1) is 20.1. The fourth-order valence-electron chi connectivity index (χ4n) is 6.41. The Balaban J connectivity index is 1.60. The van der Waals surface area contributed by atoms with Gasteiger partial charge in [-0.3, -0.25) is 34.6 Å². The summed E-state index contributed by atoms with van der Waals surface area (Å²) in [6.07, 6.45) is 1.43. The first-order valence-corrected chi connectivity index (χ1v) is 13.8. The molecule has 0 amide bonds. The highest BCUT2D eigenvalue weighted by Crippen LogP contribution is 2.54. The van der Waals surface area contributed by atoms with Gasteiger partial charge in [0.25, 0.3) is 5.69 Å². The molecule has 0 fully saturated rings. The number of nitro benzene ring substituents is 2. The maximum atomic E-state index is 13.8. The predicted molar refractivity (Wildman–Crippen MR) is 153 cm³/mol. The van der Waals surface area contributed by atoms with E-state index in [2.05, 4.69) is 0 Å². The molecule has 224 valence electrons. The lowest BCUT2D eigenvalue weighted by Gasteiger charge is -2.48. The Hall–Kier alpha value is -4.87. The molecule has 2 aromatic carbocycles. The van der Waals surface area contributed by atoms with Crippen LogP contribution in [0.3, 0.4) is 0 Å². The predicted octanol–water partition coefficient (Wildman–Crippen LogP) is 6.07.